The molecular weight excluding hydrogens is 314 g/mol. The zero-order valence-electron chi connectivity index (χ0n) is 13.1. The summed E-state index contributed by atoms with van der Waals surface area (Å²) in [5, 5.41) is 11.7. The van der Waals surface area contributed by atoms with Crippen molar-refractivity contribution in [3.05, 3.63) is 59.0 Å². The molecule has 0 fully saturated rings. The van der Waals surface area contributed by atoms with E-state index in [0.717, 1.165) is 11.3 Å². The van der Waals surface area contributed by atoms with Crippen molar-refractivity contribution in [1.29, 1.82) is 0 Å². The lowest BCUT2D eigenvalue weighted by Crippen LogP contribution is -2.40. The third-order valence-electron chi connectivity index (χ3n) is 4.33. The van der Waals surface area contributed by atoms with E-state index in [1.807, 2.05) is 31.6 Å². The normalized spacial score (nSPS) is 26.4. The molecule has 1 aromatic rings. The molecule has 23 heavy (non-hydrogen) atoms. The number of hydrogen-bond donors (Lipinski definition) is 1. The fraction of sp³-hybridized carbons (Fsp3) is 0.333. The van der Waals surface area contributed by atoms with E-state index in [4.69, 9.17) is 16.3 Å². The Kier molecular flexibility index (Phi) is 4.32. The Hall–Kier alpha value is -1.62. The van der Waals surface area contributed by atoms with Gasteiger partial charge in [0.05, 0.1) is 11.8 Å². The largest absolute Gasteiger partial charge is 0.377 e. The first-order valence-corrected chi connectivity index (χ1v) is 7.97. The number of amides is 1. The molecule has 0 saturated heterocycles. The smallest absolute Gasteiger partial charge is 0.264 e. The summed E-state index contributed by atoms with van der Waals surface area (Å²) in [4.78, 5) is 14.4. The van der Waals surface area contributed by atoms with Gasteiger partial charge in [0, 0.05) is 37.1 Å². The predicted octanol–water partition coefficient (Wildman–Crippen LogP) is 3.00. The molecule has 0 spiro atoms. The molecule has 121 valence electrons. The average molecular weight is 333 g/mol. The Morgan fingerprint density at radius 2 is 2.22 bits per heavy atom. The van der Waals surface area contributed by atoms with Crippen molar-refractivity contribution < 1.29 is 14.6 Å². The molecule has 1 aromatic carbocycles. The van der Waals surface area contributed by atoms with Gasteiger partial charge in [-0.3, -0.25) is 4.79 Å². The van der Waals surface area contributed by atoms with Crippen LogP contribution in [-0.2, 0) is 15.1 Å². The standard InChI is InChI=1S/C18H19ClNO3/c1-3-20-16-8-7-13(19)10-15(16)18(22,17(20)21)11-12-5-4-6-14(9-12)23-2/h4-10,14,22H,3,11H2,1-2H3. The number of carbonyl (C=O) groups is 1. The van der Waals surface area contributed by atoms with Gasteiger partial charge in [0.2, 0.25) is 0 Å². The highest BCUT2D eigenvalue weighted by Gasteiger charge is 2.49. The van der Waals surface area contributed by atoms with Crippen molar-refractivity contribution in [3.63, 3.8) is 0 Å². The Morgan fingerprint density at radius 3 is 2.91 bits per heavy atom. The second-order valence-corrected chi connectivity index (χ2v) is 6.18. The van der Waals surface area contributed by atoms with Crippen LogP contribution in [0, 0.1) is 6.42 Å². The first-order chi connectivity index (χ1) is 11.0. The van der Waals surface area contributed by atoms with Crippen LogP contribution < -0.4 is 4.90 Å². The molecule has 5 heteroatoms. The van der Waals surface area contributed by atoms with Crippen molar-refractivity contribution in [1.82, 2.24) is 0 Å². The first kappa shape index (κ1) is 16.2. The number of aliphatic hydroxyl groups is 1. The molecule has 4 nitrogen and oxygen atoms in total. The highest BCUT2D eigenvalue weighted by Crippen LogP contribution is 2.45. The van der Waals surface area contributed by atoms with Crippen LogP contribution in [0.3, 0.4) is 0 Å². The quantitative estimate of drug-likeness (QED) is 0.922. The molecule has 2 aliphatic rings. The highest BCUT2D eigenvalue weighted by molar-refractivity contribution is 6.31. The zero-order valence-corrected chi connectivity index (χ0v) is 13.9. The lowest BCUT2D eigenvalue weighted by atomic mass is 9.85. The molecule has 2 unspecified atom stereocenters. The minimum Gasteiger partial charge on any atom is -0.377 e. The highest BCUT2D eigenvalue weighted by atomic mass is 35.5. The molecule has 1 radical (unpaired) electrons. The predicted molar refractivity (Wildman–Crippen MR) is 90.3 cm³/mol. The fourth-order valence-corrected chi connectivity index (χ4v) is 3.35. The van der Waals surface area contributed by atoms with Crippen LogP contribution in [-0.4, -0.2) is 30.8 Å². The third kappa shape index (κ3) is 2.71. The minimum atomic E-state index is -1.60. The Labute approximate surface area is 141 Å². The van der Waals surface area contributed by atoms with Crippen LogP contribution >= 0.6 is 11.6 Å². The van der Waals surface area contributed by atoms with E-state index in [1.165, 1.54) is 0 Å². The van der Waals surface area contributed by atoms with Crippen LogP contribution in [0.25, 0.3) is 0 Å². The number of likely N-dealkylation sites (N-methyl/N-ethyl adjacent to an activating group) is 1. The minimum absolute atomic E-state index is 0.142. The van der Waals surface area contributed by atoms with Crippen molar-refractivity contribution in [3.8, 4) is 0 Å². The van der Waals surface area contributed by atoms with Crippen LogP contribution in [0.2, 0.25) is 5.02 Å². The maximum absolute atomic E-state index is 12.8. The van der Waals surface area contributed by atoms with Crippen LogP contribution in [0.15, 0.2) is 42.0 Å². The Bertz CT molecular complexity index is 698. The lowest BCUT2D eigenvalue weighted by molar-refractivity contribution is -0.135. The van der Waals surface area contributed by atoms with Crippen LogP contribution in [0.4, 0.5) is 5.69 Å². The summed E-state index contributed by atoms with van der Waals surface area (Å²) in [7, 11) is 1.62. The first-order valence-electron chi connectivity index (χ1n) is 7.59. The molecule has 1 N–H and O–H groups in total. The van der Waals surface area contributed by atoms with E-state index in [1.54, 1.807) is 30.2 Å². The van der Waals surface area contributed by atoms with Crippen molar-refractivity contribution in [2.45, 2.75) is 25.0 Å². The number of carbonyl (C=O) groups excluding carboxylic acids is 1. The number of benzene rings is 1. The van der Waals surface area contributed by atoms with Gasteiger partial charge in [-0.2, -0.15) is 0 Å². The molecule has 0 aromatic heterocycles. The molecule has 2 atom stereocenters. The Balaban J connectivity index is 1.98. The fourth-order valence-electron chi connectivity index (χ4n) is 3.18. The van der Waals surface area contributed by atoms with Gasteiger partial charge in [0.1, 0.15) is 0 Å². The van der Waals surface area contributed by atoms with E-state index < -0.39 is 5.60 Å². The topological polar surface area (TPSA) is 49.8 Å². The number of nitrogens with zero attached hydrogens (tertiary/aromatic N) is 1. The van der Waals surface area contributed by atoms with Gasteiger partial charge in [-0.05, 0) is 25.1 Å². The van der Waals surface area contributed by atoms with Crippen LogP contribution in [0.1, 0.15) is 18.9 Å². The van der Waals surface area contributed by atoms with Gasteiger partial charge in [0.25, 0.3) is 5.91 Å². The van der Waals surface area contributed by atoms with Gasteiger partial charge in [-0.15, -0.1) is 0 Å². The molecule has 0 saturated carbocycles. The monoisotopic (exact) mass is 332 g/mol. The van der Waals surface area contributed by atoms with Crippen molar-refractivity contribution in [2.75, 3.05) is 18.6 Å². The summed E-state index contributed by atoms with van der Waals surface area (Å²) in [6, 6.07) is 5.20. The third-order valence-corrected chi connectivity index (χ3v) is 4.57. The molecule has 0 bridgehead atoms. The SMILES string of the molecule is CCN1C(=O)C(O)(CC2=CC=CC(OC)[CH]2)c2cc(Cl)ccc21. The van der Waals surface area contributed by atoms with Gasteiger partial charge in [-0.1, -0.05) is 35.4 Å². The molecule has 1 aliphatic heterocycles. The van der Waals surface area contributed by atoms with Crippen LogP contribution in [0.5, 0.6) is 0 Å². The number of ether oxygens (including phenoxy) is 1. The summed E-state index contributed by atoms with van der Waals surface area (Å²) in [5.74, 6) is -0.310. The van der Waals surface area contributed by atoms with Crippen molar-refractivity contribution >= 4 is 23.2 Å². The van der Waals surface area contributed by atoms with Gasteiger partial charge in [-0.25, -0.2) is 0 Å². The molecule has 3 rings (SSSR count). The summed E-state index contributed by atoms with van der Waals surface area (Å²) in [5.41, 5.74) is 0.551. The van der Waals surface area contributed by atoms with Gasteiger partial charge >= 0.3 is 0 Å². The molecule has 1 aliphatic carbocycles. The van der Waals surface area contributed by atoms with E-state index in [0.29, 0.717) is 17.1 Å². The van der Waals surface area contributed by atoms with E-state index >= 15 is 0 Å². The van der Waals surface area contributed by atoms with E-state index in [2.05, 4.69) is 0 Å². The number of methoxy groups -OCH3 is 1. The molecular formula is C18H19ClNO3. The van der Waals surface area contributed by atoms with E-state index in [-0.39, 0.29) is 18.4 Å². The zero-order chi connectivity index (χ0) is 16.6. The maximum Gasteiger partial charge on any atom is 0.264 e. The Morgan fingerprint density at radius 1 is 1.43 bits per heavy atom. The maximum atomic E-state index is 12.8. The van der Waals surface area contributed by atoms with Gasteiger partial charge in [0.15, 0.2) is 5.60 Å². The summed E-state index contributed by atoms with van der Waals surface area (Å²) in [6.45, 7) is 2.39. The summed E-state index contributed by atoms with van der Waals surface area (Å²) in [6.07, 6.45) is 7.63. The number of allylic oxidation sites excluding steroid dienone is 2. The average Bonchev–Trinajstić information content (AvgIpc) is 2.75. The number of fused-ring (bicyclic) bond motifs is 1. The number of anilines is 1. The second kappa shape index (κ2) is 6.11. The van der Waals surface area contributed by atoms with Crippen molar-refractivity contribution in [2.24, 2.45) is 0 Å². The number of halogens is 1. The molecule has 1 heterocycles. The summed E-state index contributed by atoms with van der Waals surface area (Å²) < 4.78 is 5.30. The van der Waals surface area contributed by atoms with Gasteiger partial charge < -0.3 is 14.7 Å². The number of hydrogen-bond acceptors (Lipinski definition) is 3. The van der Waals surface area contributed by atoms with E-state index in [9.17, 15) is 9.90 Å². The number of rotatable bonds is 4. The summed E-state index contributed by atoms with van der Waals surface area (Å²) >= 11 is 6.08. The molecule has 1 amide bonds. The lowest BCUT2D eigenvalue weighted by Gasteiger charge is -2.26. The second-order valence-electron chi connectivity index (χ2n) is 5.74.